The first-order valence-electron chi connectivity index (χ1n) is 4.33. The van der Waals surface area contributed by atoms with Gasteiger partial charge in [0.05, 0.1) is 0 Å². The topological polar surface area (TPSA) is 18.5 Å². The van der Waals surface area contributed by atoms with Crippen LogP contribution >= 0.6 is 0 Å². The Labute approximate surface area is 69.4 Å². The molecular weight excluding hydrogens is 142 g/mol. The van der Waals surface area contributed by atoms with E-state index >= 15 is 0 Å². The summed E-state index contributed by atoms with van der Waals surface area (Å²) < 4.78 is 0. The molecule has 0 aromatic rings. The van der Waals surface area contributed by atoms with E-state index in [1.165, 1.54) is 0 Å². The van der Waals surface area contributed by atoms with Crippen LogP contribution in [0.3, 0.4) is 0 Å². The number of rotatable bonds is 6. The molecule has 0 radical (unpaired) electrons. The van der Waals surface area contributed by atoms with Gasteiger partial charge in [0.1, 0.15) is 26.8 Å². The first-order chi connectivity index (χ1) is 5.18. The third-order valence-corrected chi connectivity index (χ3v) is 1.43. The molecule has 0 amide bonds. The molecule has 0 fully saturated rings. The van der Waals surface area contributed by atoms with Gasteiger partial charge in [-0.05, 0) is 25.1 Å². The maximum Gasteiger partial charge on any atom is 0.142 e. The van der Waals surface area contributed by atoms with E-state index in [1.54, 1.807) is 0 Å². The molecule has 0 bridgehead atoms. The molecule has 0 rings (SSSR count). The van der Waals surface area contributed by atoms with Gasteiger partial charge >= 0.3 is 0 Å². The van der Waals surface area contributed by atoms with Crippen LogP contribution in [-0.4, -0.2) is 31.6 Å². The highest BCUT2D eigenvalue weighted by Crippen LogP contribution is 2.06. The molecule has 0 aromatic heterocycles. The summed E-state index contributed by atoms with van der Waals surface area (Å²) in [7, 11) is 1.94. The van der Waals surface area contributed by atoms with Crippen molar-refractivity contribution in [3.05, 3.63) is 0 Å². The molecule has 11 heavy (non-hydrogen) atoms. The molecule has 0 unspecified atom stereocenters. The molecule has 0 aliphatic rings. The van der Waals surface area contributed by atoms with Gasteiger partial charge in [0.2, 0.25) is 0 Å². The molecule has 0 saturated heterocycles. The van der Waals surface area contributed by atoms with Gasteiger partial charge in [0.15, 0.2) is 0 Å². The van der Waals surface area contributed by atoms with E-state index in [0.717, 1.165) is 13.0 Å². The van der Waals surface area contributed by atoms with Crippen molar-refractivity contribution < 1.29 is 14.5 Å². The largest absolute Gasteiger partial charge is 0.169 e. The van der Waals surface area contributed by atoms with Crippen LogP contribution in [0.1, 0.15) is 27.2 Å². The Hall–Kier alpha value is -0.120. The van der Waals surface area contributed by atoms with Crippen LogP contribution in [0.5, 0.6) is 0 Å². The predicted molar refractivity (Wildman–Crippen MR) is 44.6 cm³/mol. The maximum atomic E-state index is 5.43. The van der Waals surface area contributed by atoms with E-state index in [0.29, 0.717) is 13.2 Å². The molecule has 0 aliphatic carbocycles. The van der Waals surface area contributed by atoms with Crippen molar-refractivity contribution in [1.29, 1.82) is 0 Å². The Morgan fingerprint density at radius 3 is 1.73 bits per heavy atom. The fourth-order valence-electron chi connectivity index (χ4n) is 1.12. The van der Waals surface area contributed by atoms with E-state index in [4.69, 9.17) is 9.68 Å². The maximum absolute atomic E-state index is 5.43. The van der Waals surface area contributed by atoms with Crippen molar-refractivity contribution in [2.75, 3.05) is 26.8 Å². The molecule has 0 atom stereocenters. The van der Waals surface area contributed by atoms with Gasteiger partial charge in [-0.3, -0.25) is 0 Å². The number of hydrogen-bond donors (Lipinski definition) is 0. The standard InChI is InChI=1S/C8H20NO2/c1-5-8-9(4,10-6-2)11-7-3/h5-8H2,1-4H3/q+1. The summed E-state index contributed by atoms with van der Waals surface area (Å²) in [4.78, 5) is 11.1. The van der Waals surface area contributed by atoms with Crippen LogP contribution in [0.4, 0.5) is 0 Å². The smallest absolute Gasteiger partial charge is 0.142 e. The molecule has 0 heterocycles. The molecule has 3 nitrogen and oxygen atoms in total. The molecule has 68 valence electrons. The van der Waals surface area contributed by atoms with Crippen LogP contribution in [-0.2, 0) is 9.68 Å². The molecule has 0 N–H and O–H groups in total. The van der Waals surface area contributed by atoms with Crippen molar-refractivity contribution in [3.8, 4) is 0 Å². The van der Waals surface area contributed by atoms with Gasteiger partial charge in [0.25, 0.3) is 0 Å². The summed E-state index contributed by atoms with van der Waals surface area (Å²) in [6, 6.07) is 0. The first kappa shape index (κ1) is 10.9. The van der Waals surface area contributed by atoms with Crippen LogP contribution in [0, 0.1) is 0 Å². The van der Waals surface area contributed by atoms with Gasteiger partial charge in [-0.15, -0.1) is 0 Å². The lowest BCUT2D eigenvalue weighted by molar-refractivity contribution is -1.23. The zero-order chi connectivity index (χ0) is 8.74. The number of nitrogens with zero attached hydrogens (tertiary/aromatic N) is 1. The number of hydrogen-bond acceptors (Lipinski definition) is 2. The Morgan fingerprint density at radius 1 is 1.00 bits per heavy atom. The highest BCUT2D eigenvalue weighted by molar-refractivity contribution is 4.17. The third kappa shape index (κ3) is 4.35. The monoisotopic (exact) mass is 162 g/mol. The Morgan fingerprint density at radius 2 is 1.45 bits per heavy atom. The Balaban J connectivity index is 3.79. The molecular formula is C8H20NO2+. The minimum absolute atomic E-state index is 0.281. The van der Waals surface area contributed by atoms with Gasteiger partial charge < -0.3 is 0 Å². The van der Waals surface area contributed by atoms with Crippen LogP contribution in [0.2, 0.25) is 0 Å². The normalized spacial score (nSPS) is 12.0. The van der Waals surface area contributed by atoms with E-state index in [1.807, 2.05) is 20.9 Å². The summed E-state index contributed by atoms with van der Waals surface area (Å²) in [5.74, 6) is 0. The predicted octanol–water partition coefficient (Wildman–Crippen LogP) is 1.75. The van der Waals surface area contributed by atoms with Crippen molar-refractivity contribution in [2.45, 2.75) is 27.2 Å². The average molecular weight is 162 g/mol. The third-order valence-electron chi connectivity index (χ3n) is 1.43. The molecule has 0 spiro atoms. The van der Waals surface area contributed by atoms with Crippen LogP contribution in [0.25, 0.3) is 0 Å². The summed E-state index contributed by atoms with van der Waals surface area (Å²) >= 11 is 0. The summed E-state index contributed by atoms with van der Waals surface area (Å²) in [5, 5.41) is 0. The lowest BCUT2D eigenvalue weighted by atomic mass is 10.5. The minimum atomic E-state index is 0.281. The van der Waals surface area contributed by atoms with Crippen molar-refractivity contribution in [3.63, 3.8) is 0 Å². The van der Waals surface area contributed by atoms with Crippen molar-refractivity contribution in [1.82, 2.24) is 0 Å². The van der Waals surface area contributed by atoms with Crippen LogP contribution < -0.4 is 0 Å². The second kappa shape index (κ2) is 5.52. The lowest BCUT2D eigenvalue weighted by Crippen LogP contribution is -2.44. The van der Waals surface area contributed by atoms with Crippen molar-refractivity contribution in [2.24, 2.45) is 0 Å². The zero-order valence-corrected chi connectivity index (χ0v) is 8.09. The minimum Gasteiger partial charge on any atom is -0.169 e. The van der Waals surface area contributed by atoms with Crippen LogP contribution in [0.15, 0.2) is 0 Å². The fraction of sp³-hybridized carbons (Fsp3) is 1.00. The quantitative estimate of drug-likeness (QED) is 0.437. The summed E-state index contributed by atoms with van der Waals surface area (Å²) in [5.41, 5.74) is 0. The van der Waals surface area contributed by atoms with Crippen molar-refractivity contribution >= 4 is 0 Å². The second-order valence-electron chi connectivity index (χ2n) is 2.57. The summed E-state index contributed by atoms with van der Waals surface area (Å²) in [6.07, 6.45) is 1.07. The molecule has 0 aromatic carbocycles. The van der Waals surface area contributed by atoms with E-state index in [2.05, 4.69) is 6.92 Å². The molecule has 0 aliphatic heterocycles. The van der Waals surface area contributed by atoms with Gasteiger partial charge in [0, 0.05) is 0 Å². The van der Waals surface area contributed by atoms with E-state index < -0.39 is 0 Å². The number of hydroxylamine groups is 4. The average Bonchev–Trinajstić information content (AvgIpc) is 1.88. The Kier molecular flexibility index (Phi) is 5.46. The van der Waals surface area contributed by atoms with Gasteiger partial charge in [-0.25, -0.2) is 0 Å². The van der Waals surface area contributed by atoms with Gasteiger partial charge in [-0.1, -0.05) is 6.92 Å². The highest BCUT2D eigenvalue weighted by atomic mass is 17.0. The van der Waals surface area contributed by atoms with E-state index in [9.17, 15) is 0 Å². The molecule has 3 heteroatoms. The second-order valence-corrected chi connectivity index (χ2v) is 2.57. The summed E-state index contributed by atoms with van der Waals surface area (Å²) in [6.45, 7) is 8.36. The Bertz CT molecular complexity index is 79.1. The lowest BCUT2D eigenvalue weighted by Gasteiger charge is -2.27. The highest BCUT2D eigenvalue weighted by Gasteiger charge is 2.22. The SMILES string of the molecule is CCC[N+](C)(OCC)OCC. The van der Waals surface area contributed by atoms with Gasteiger partial charge in [-0.2, -0.15) is 9.68 Å². The first-order valence-corrected chi connectivity index (χ1v) is 4.33. The zero-order valence-electron chi connectivity index (χ0n) is 8.09. The fourth-order valence-corrected chi connectivity index (χ4v) is 1.12. The van der Waals surface area contributed by atoms with E-state index in [-0.39, 0.29) is 4.81 Å². The molecule has 0 saturated carbocycles. The number of quaternary nitrogens is 1.